The molecule has 0 aromatic carbocycles. The van der Waals surface area contributed by atoms with Crippen LogP contribution >= 0.6 is 11.3 Å². The van der Waals surface area contributed by atoms with Crippen molar-refractivity contribution < 1.29 is 4.79 Å². The Morgan fingerprint density at radius 2 is 2.23 bits per heavy atom. The fourth-order valence-electron chi connectivity index (χ4n) is 0.477. The first-order valence-electron chi connectivity index (χ1n) is 3.60. The van der Waals surface area contributed by atoms with Gasteiger partial charge in [0.2, 0.25) is 11.0 Å². The SMILES string of the molecule is C#C.CC(C)C(=O)Nc1nncs1. The minimum Gasteiger partial charge on any atom is -0.300 e. The molecule has 4 nitrogen and oxygen atoms in total. The van der Waals surface area contributed by atoms with Crippen LogP contribution in [-0.2, 0) is 4.79 Å². The van der Waals surface area contributed by atoms with Crippen LogP contribution in [0.4, 0.5) is 5.13 Å². The number of terminal acetylenes is 1. The lowest BCUT2D eigenvalue weighted by Crippen LogP contribution is -2.17. The number of anilines is 1. The van der Waals surface area contributed by atoms with E-state index in [-0.39, 0.29) is 11.8 Å². The Morgan fingerprint density at radius 1 is 1.62 bits per heavy atom. The largest absolute Gasteiger partial charge is 0.300 e. The van der Waals surface area contributed by atoms with E-state index in [1.807, 2.05) is 13.8 Å². The van der Waals surface area contributed by atoms with Crippen molar-refractivity contribution in [1.82, 2.24) is 10.2 Å². The molecule has 0 aliphatic carbocycles. The topological polar surface area (TPSA) is 54.9 Å². The van der Waals surface area contributed by atoms with Gasteiger partial charge in [0.15, 0.2) is 0 Å². The molecule has 0 radical (unpaired) electrons. The van der Waals surface area contributed by atoms with Gasteiger partial charge >= 0.3 is 0 Å². The molecule has 1 aromatic heterocycles. The van der Waals surface area contributed by atoms with Gasteiger partial charge in [-0.15, -0.1) is 23.0 Å². The van der Waals surface area contributed by atoms with Crippen molar-refractivity contribution in [1.29, 1.82) is 0 Å². The highest BCUT2D eigenvalue weighted by molar-refractivity contribution is 7.13. The highest BCUT2D eigenvalue weighted by Gasteiger charge is 2.07. The maximum Gasteiger partial charge on any atom is 0.228 e. The first-order valence-corrected chi connectivity index (χ1v) is 4.48. The normalized spacial score (nSPS) is 8.69. The summed E-state index contributed by atoms with van der Waals surface area (Å²) in [6.45, 7) is 3.66. The molecule has 1 N–H and O–H groups in total. The Hall–Kier alpha value is -1.41. The van der Waals surface area contributed by atoms with Gasteiger partial charge in [-0.1, -0.05) is 25.2 Å². The van der Waals surface area contributed by atoms with Gasteiger partial charge in [-0.05, 0) is 0 Å². The molecule has 1 heterocycles. The molecule has 0 unspecified atom stereocenters. The molecule has 0 bridgehead atoms. The molecule has 13 heavy (non-hydrogen) atoms. The molecule has 0 spiro atoms. The predicted molar refractivity (Wildman–Crippen MR) is 53.3 cm³/mol. The highest BCUT2D eigenvalue weighted by atomic mass is 32.1. The minimum absolute atomic E-state index is 0.0149. The number of carbonyl (C=O) groups excluding carboxylic acids is 1. The molecular weight excluding hydrogens is 186 g/mol. The molecule has 0 atom stereocenters. The molecule has 0 saturated heterocycles. The van der Waals surface area contributed by atoms with E-state index >= 15 is 0 Å². The summed E-state index contributed by atoms with van der Waals surface area (Å²) < 4.78 is 0. The van der Waals surface area contributed by atoms with Gasteiger partial charge in [-0.3, -0.25) is 4.79 Å². The second-order valence-corrected chi connectivity index (χ2v) is 3.22. The number of rotatable bonds is 2. The van der Waals surface area contributed by atoms with E-state index < -0.39 is 0 Å². The average Bonchev–Trinajstić information content (AvgIpc) is 2.60. The molecular formula is C8H11N3OS. The van der Waals surface area contributed by atoms with Crippen molar-refractivity contribution in [2.75, 3.05) is 5.32 Å². The zero-order chi connectivity index (χ0) is 10.3. The monoisotopic (exact) mass is 197 g/mol. The molecule has 1 aromatic rings. The van der Waals surface area contributed by atoms with E-state index in [1.165, 1.54) is 11.3 Å². The van der Waals surface area contributed by atoms with E-state index in [2.05, 4.69) is 28.4 Å². The van der Waals surface area contributed by atoms with Crippen molar-refractivity contribution in [3.63, 3.8) is 0 Å². The lowest BCUT2D eigenvalue weighted by atomic mass is 10.2. The number of nitrogens with one attached hydrogen (secondary N) is 1. The number of hydrogen-bond acceptors (Lipinski definition) is 4. The van der Waals surface area contributed by atoms with E-state index in [1.54, 1.807) is 5.51 Å². The van der Waals surface area contributed by atoms with Crippen LogP contribution in [0.25, 0.3) is 0 Å². The summed E-state index contributed by atoms with van der Waals surface area (Å²) >= 11 is 1.31. The van der Waals surface area contributed by atoms with Crippen molar-refractivity contribution in [3.8, 4) is 12.8 Å². The fraction of sp³-hybridized carbons (Fsp3) is 0.375. The van der Waals surface area contributed by atoms with Gasteiger partial charge in [-0.25, -0.2) is 0 Å². The number of amides is 1. The van der Waals surface area contributed by atoms with Crippen molar-refractivity contribution in [2.45, 2.75) is 13.8 Å². The molecule has 0 fully saturated rings. The van der Waals surface area contributed by atoms with E-state index in [0.29, 0.717) is 5.13 Å². The van der Waals surface area contributed by atoms with Crippen LogP contribution in [-0.4, -0.2) is 16.1 Å². The smallest absolute Gasteiger partial charge is 0.228 e. The number of hydrogen-bond donors (Lipinski definition) is 1. The molecule has 5 heteroatoms. The third kappa shape index (κ3) is 4.23. The highest BCUT2D eigenvalue weighted by Crippen LogP contribution is 2.09. The van der Waals surface area contributed by atoms with Crippen molar-refractivity contribution in [3.05, 3.63) is 5.51 Å². The first-order chi connectivity index (χ1) is 6.20. The molecule has 0 saturated carbocycles. The lowest BCUT2D eigenvalue weighted by molar-refractivity contribution is -0.118. The number of nitrogens with zero attached hydrogens (tertiary/aromatic N) is 2. The Bertz CT molecular complexity index is 266. The molecule has 1 rings (SSSR count). The zero-order valence-corrected chi connectivity index (χ0v) is 8.34. The Morgan fingerprint density at radius 3 is 2.62 bits per heavy atom. The quantitative estimate of drug-likeness (QED) is 0.729. The maximum absolute atomic E-state index is 11.0. The van der Waals surface area contributed by atoms with E-state index in [4.69, 9.17) is 0 Å². The van der Waals surface area contributed by atoms with Gasteiger partial charge < -0.3 is 5.32 Å². The second kappa shape index (κ2) is 6.14. The summed E-state index contributed by atoms with van der Waals surface area (Å²) in [7, 11) is 0. The summed E-state index contributed by atoms with van der Waals surface area (Å²) in [5.41, 5.74) is 1.58. The van der Waals surface area contributed by atoms with Crippen LogP contribution in [0.3, 0.4) is 0 Å². The van der Waals surface area contributed by atoms with Gasteiger partial charge in [-0.2, -0.15) is 0 Å². The second-order valence-electron chi connectivity index (χ2n) is 2.39. The van der Waals surface area contributed by atoms with Crippen LogP contribution in [0.15, 0.2) is 5.51 Å². The van der Waals surface area contributed by atoms with E-state index in [9.17, 15) is 4.79 Å². The summed E-state index contributed by atoms with van der Waals surface area (Å²) in [4.78, 5) is 11.0. The molecule has 1 amide bonds. The summed E-state index contributed by atoms with van der Waals surface area (Å²) in [5, 5.41) is 10.4. The first kappa shape index (κ1) is 11.6. The third-order valence-corrected chi connectivity index (χ3v) is 1.72. The summed E-state index contributed by atoms with van der Waals surface area (Å²) in [6.07, 6.45) is 8.00. The van der Waals surface area contributed by atoms with Crippen LogP contribution < -0.4 is 5.32 Å². The van der Waals surface area contributed by atoms with Crippen LogP contribution in [0.5, 0.6) is 0 Å². The molecule has 0 aliphatic rings. The van der Waals surface area contributed by atoms with Gasteiger partial charge in [0.25, 0.3) is 0 Å². The Labute approximate surface area is 81.4 Å². The van der Waals surface area contributed by atoms with Gasteiger partial charge in [0.05, 0.1) is 0 Å². The van der Waals surface area contributed by atoms with Crippen molar-refractivity contribution >= 4 is 22.4 Å². The van der Waals surface area contributed by atoms with Crippen LogP contribution in [0, 0.1) is 18.8 Å². The van der Waals surface area contributed by atoms with Gasteiger partial charge in [0, 0.05) is 5.92 Å². The van der Waals surface area contributed by atoms with Crippen molar-refractivity contribution in [2.24, 2.45) is 5.92 Å². The summed E-state index contributed by atoms with van der Waals surface area (Å²) in [6, 6.07) is 0. The number of aromatic nitrogens is 2. The summed E-state index contributed by atoms with van der Waals surface area (Å²) in [5.74, 6) is -0.0411. The van der Waals surface area contributed by atoms with E-state index in [0.717, 1.165) is 0 Å². The lowest BCUT2D eigenvalue weighted by Gasteiger charge is -2.01. The molecule has 70 valence electrons. The standard InChI is InChI=1S/C6H9N3OS.C2H2/c1-4(2)5(10)8-6-9-7-3-11-6;1-2/h3-4H,1-2H3,(H,8,9,10);1-2H. The predicted octanol–water partition coefficient (Wildman–Crippen LogP) is 1.38. The van der Waals surface area contributed by atoms with Crippen LogP contribution in [0.1, 0.15) is 13.8 Å². The maximum atomic E-state index is 11.0. The Kier molecular flexibility index (Phi) is 5.48. The third-order valence-electron chi connectivity index (χ3n) is 1.11. The number of carbonyl (C=O) groups is 1. The van der Waals surface area contributed by atoms with Gasteiger partial charge in [0.1, 0.15) is 5.51 Å². The Balaban J connectivity index is 0.000000671. The van der Waals surface area contributed by atoms with Crippen LogP contribution in [0.2, 0.25) is 0 Å². The fourth-order valence-corrected chi connectivity index (χ4v) is 0.925. The average molecular weight is 197 g/mol. The minimum atomic E-state index is -0.0262. The molecule has 0 aliphatic heterocycles. The zero-order valence-electron chi connectivity index (χ0n) is 7.52.